The van der Waals surface area contributed by atoms with Crippen LogP contribution in [0.15, 0.2) is 36.5 Å². The lowest BCUT2D eigenvalue weighted by molar-refractivity contribution is 0.463. The summed E-state index contributed by atoms with van der Waals surface area (Å²) in [4.78, 5) is 4.00. The maximum Gasteiger partial charge on any atom is 0.239 e. The van der Waals surface area contributed by atoms with Crippen molar-refractivity contribution >= 4 is 34.2 Å². The fraction of sp³-hybridized carbons (Fsp3) is 0. The second-order valence-corrected chi connectivity index (χ2v) is 4.77. The summed E-state index contributed by atoms with van der Waals surface area (Å²) < 4.78 is 6.62. The summed E-state index contributed by atoms with van der Waals surface area (Å²) in [7, 11) is 0. The highest BCUT2D eigenvalue weighted by atomic mass is 127. The monoisotopic (exact) mass is 356 g/mol. The number of nitrogens with zero attached hydrogens (tertiary/aromatic N) is 2. The van der Waals surface area contributed by atoms with E-state index in [0.29, 0.717) is 11.3 Å². The van der Waals surface area contributed by atoms with Gasteiger partial charge in [-0.05, 0) is 52.9 Å². The number of ether oxygens (including phenoxy) is 1. The Kier molecular flexibility index (Phi) is 3.82. The van der Waals surface area contributed by atoms with Crippen molar-refractivity contribution in [3.8, 4) is 17.7 Å². The first-order valence-corrected chi connectivity index (χ1v) is 6.14. The molecule has 1 heterocycles. The molecule has 3 nitrogen and oxygen atoms in total. The van der Waals surface area contributed by atoms with Crippen molar-refractivity contribution in [2.75, 3.05) is 0 Å². The lowest BCUT2D eigenvalue weighted by atomic mass is 10.3. The molecule has 0 aliphatic heterocycles. The minimum atomic E-state index is 0.230. The van der Waals surface area contributed by atoms with Gasteiger partial charge in [0.15, 0.2) is 0 Å². The highest BCUT2D eigenvalue weighted by Gasteiger charge is 2.09. The molecule has 0 unspecified atom stereocenters. The number of hydrogen-bond acceptors (Lipinski definition) is 3. The van der Waals surface area contributed by atoms with Crippen molar-refractivity contribution in [3.63, 3.8) is 0 Å². The number of aromatic nitrogens is 1. The SMILES string of the molecule is N#Cc1ccnc(Oc2ccc(I)cc2)c1Cl. The number of pyridine rings is 1. The Morgan fingerprint density at radius 2 is 1.94 bits per heavy atom. The van der Waals surface area contributed by atoms with Crippen LogP contribution in [0.4, 0.5) is 0 Å². The van der Waals surface area contributed by atoms with Gasteiger partial charge >= 0.3 is 0 Å². The molecule has 2 aromatic rings. The molecule has 0 saturated heterocycles. The van der Waals surface area contributed by atoms with Crippen molar-refractivity contribution in [3.05, 3.63) is 50.7 Å². The molecular formula is C12H6ClIN2O. The molecule has 5 heteroatoms. The molecule has 0 spiro atoms. The zero-order valence-corrected chi connectivity index (χ0v) is 11.4. The van der Waals surface area contributed by atoms with E-state index in [4.69, 9.17) is 21.6 Å². The summed E-state index contributed by atoms with van der Waals surface area (Å²) in [6.07, 6.45) is 1.49. The van der Waals surface area contributed by atoms with Gasteiger partial charge in [-0.3, -0.25) is 0 Å². The number of hydrogen-bond donors (Lipinski definition) is 0. The van der Waals surface area contributed by atoms with Gasteiger partial charge in [-0.2, -0.15) is 5.26 Å². The molecule has 0 amide bonds. The summed E-state index contributed by atoms with van der Waals surface area (Å²) in [5.41, 5.74) is 0.349. The smallest absolute Gasteiger partial charge is 0.239 e. The Labute approximate surface area is 117 Å². The average molecular weight is 357 g/mol. The number of benzene rings is 1. The maximum atomic E-state index is 8.83. The molecule has 1 aromatic heterocycles. The third-order valence-corrected chi connectivity index (χ3v) is 3.09. The molecule has 84 valence electrons. The largest absolute Gasteiger partial charge is 0.437 e. The molecule has 2 rings (SSSR count). The molecule has 0 radical (unpaired) electrons. The summed E-state index contributed by atoms with van der Waals surface area (Å²) >= 11 is 8.18. The zero-order chi connectivity index (χ0) is 12.3. The minimum absolute atomic E-state index is 0.230. The third kappa shape index (κ3) is 2.87. The lowest BCUT2D eigenvalue weighted by Crippen LogP contribution is -1.90. The molecule has 0 saturated carbocycles. The summed E-state index contributed by atoms with van der Waals surface area (Å²) in [5, 5.41) is 9.06. The van der Waals surface area contributed by atoms with Crippen LogP contribution in [0.25, 0.3) is 0 Å². The van der Waals surface area contributed by atoms with Crippen LogP contribution < -0.4 is 4.74 Å². The van der Waals surface area contributed by atoms with Gasteiger partial charge in [0.05, 0.1) is 5.56 Å². The van der Waals surface area contributed by atoms with Crippen LogP contribution in [-0.4, -0.2) is 4.98 Å². The van der Waals surface area contributed by atoms with Crippen molar-refractivity contribution in [1.82, 2.24) is 4.98 Å². The van der Waals surface area contributed by atoms with Gasteiger partial charge in [0.25, 0.3) is 0 Å². The molecule has 0 aliphatic rings. The van der Waals surface area contributed by atoms with Crippen LogP contribution in [0.3, 0.4) is 0 Å². The maximum absolute atomic E-state index is 8.83. The summed E-state index contributed by atoms with van der Waals surface area (Å²) in [6, 6.07) is 11.0. The van der Waals surface area contributed by atoms with E-state index in [9.17, 15) is 0 Å². The van der Waals surface area contributed by atoms with Gasteiger partial charge in [0.1, 0.15) is 16.8 Å². The number of rotatable bonds is 2. The Balaban J connectivity index is 2.31. The van der Waals surface area contributed by atoms with Crippen molar-refractivity contribution in [2.24, 2.45) is 0 Å². The Bertz CT molecular complexity index is 578. The van der Waals surface area contributed by atoms with Crippen LogP contribution in [0, 0.1) is 14.9 Å². The van der Waals surface area contributed by atoms with Crippen LogP contribution >= 0.6 is 34.2 Å². The molecule has 0 N–H and O–H groups in total. The van der Waals surface area contributed by atoms with Gasteiger partial charge in [0.2, 0.25) is 5.88 Å². The molecule has 17 heavy (non-hydrogen) atoms. The third-order valence-electron chi connectivity index (χ3n) is 2.01. The second kappa shape index (κ2) is 5.34. The van der Waals surface area contributed by atoms with Gasteiger partial charge in [0, 0.05) is 9.77 Å². The van der Waals surface area contributed by atoms with E-state index in [2.05, 4.69) is 27.6 Å². The molecule has 0 aliphatic carbocycles. The van der Waals surface area contributed by atoms with E-state index in [1.807, 2.05) is 30.3 Å². The second-order valence-electron chi connectivity index (χ2n) is 3.15. The normalized spacial score (nSPS) is 9.71. The van der Waals surface area contributed by atoms with Gasteiger partial charge in [-0.25, -0.2) is 4.98 Å². The molecule has 1 aromatic carbocycles. The van der Waals surface area contributed by atoms with E-state index >= 15 is 0 Å². The topological polar surface area (TPSA) is 45.9 Å². The van der Waals surface area contributed by atoms with E-state index < -0.39 is 0 Å². The molecule has 0 atom stereocenters. The van der Waals surface area contributed by atoms with Crippen LogP contribution in [0.2, 0.25) is 5.02 Å². The molecule has 0 bridgehead atoms. The molecular weight excluding hydrogens is 351 g/mol. The summed E-state index contributed by atoms with van der Waals surface area (Å²) in [6.45, 7) is 0. The van der Waals surface area contributed by atoms with Crippen molar-refractivity contribution < 1.29 is 4.74 Å². The predicted octanol–water partition coefficient (Wildman–Crippen LogP) is 4.00. The summed E-state index contributed by atoms with van der Waals surface area (Å²) in [5.74, 6) is 0.877. The fourth-order valence-electron chi connectivity index (χ4n) is 1.20. The number of nitriles is 1. The van der Waals surface area contributed by atoms with Crippen molar-refractivity contribution in [1.29, 1.82) is 5.26 Å². The van der Waals surface area contributed by atoms with E-state index in [0.717, 1.165) is 3.57 Å². The van der Waals surface area contributed by atoms with E-state index in [1.54, 1.807) is 6.07 Å². The van der Waals surface area contributed by atoms with Crippen LogP contribution in [-0.2, 0) is 0 Å². The highest BCUT2D eigenvalue weighted by Crippen LogP contribution is 2.29. The minimum Gasteiger partial charge on any atom is -0.437 e. The standard InChI is InChI=1S/C12H6ClIN2O/c13-11-8(7-15)5-6-16-12(11)17-10-3-1-9(14)2-4-10/h1-6H. The Morgan fingerprint density at radius 1 is 1.24 bits per heavy atom. The fourth-order valence-corrected chi connectivity index (χ4v) is 1.75. The Hall–Kier alpha value is -1.32. The first kappa shape index (κ1) is 12.1. The van der Waals surface area contributed by atoms with Gasteiger partial charge in [-0.1, -0.05) is 11.6 Å². The van der Waals surface area contributed by atoms with Crippen LogP contribution in [0.1, 0.15) is 5.56 Å². The van der Waals surface area contributed by atoms with E-state index in [-0.39, 0.29) is 10.9 Å². The zero-order valence-electron chi connectivity index (χ0n) is 8.52. The first-order chi connectivity index (χ1) is 8.20. The highest BCUT2D eigenvalue weighted by molar-refractivity contribution is 14.1. The molecule has 0 fully saturated rings. The van der Waals surface area contributed by atoms with Gasteiger partial charge in [-0.15, -0.1) is 0 Å². The average Bonchev–Trinajstić information content (AvgIpc) is 2.35. The van der Waals surface area contributed by atoms with Gasteiger partial charge < -0.3 is 4.74 Å². The number of halogens is 2. The lowest BCUT2D eigenvalue weighted by Gasteiger charge is -2.06. The van der Waals surface area contributed by atoms with Crippen molar-refractivity contribution in [2.45, 2.75) is 0 Å². The van der Waals surface area contributed by atoms with E-state index in [1.165, 1.54) is 6.20 Å². The predicted molar refractivity (Wildman–Crippen MR) is 73.2 cm³/mol. The Morgan fingerprint density at radius 3 is 2.59 bits per heavy atom. The first-order valence-electron chi connectivity index (χ1n) is 4.69. The van der Waals surface area contributed by atoms with Crippen LogP contribution in [0.5, 0.6) is 11.6 Å². The quantitative estimate of drug-likeness (QED) is 0.764.